The minimum Gasteiger partial charge on any atom is -0.372 e. The van der Waals surface area contributed by atoms with Gasteiger partial charge in [-0.1, -0.05) is 29.3 Å². The van der Waals surface area contributed by atoms with Crippen LogP contribution in [0, 0.1) is 0 Å². The summed E-state index contributed by atoms with van der Waals surface area (Å²) in [4.78, 5) is 9.27. The molecule has 0 spiro atoms. The Bertz CT molecular complexity index is 687. The van der Waals surface area contributed by atoms with Gasteiger partial charge in [-0.3, -0.25) is 0 Å². The second-order valence-corrected chi connectivity index (χ2v) is 6.76. The lowest BCUT2D eigenvalue weighted by atomic mass is 10.1. The molecule has 0 bridgehead atoms. The van der Waals surface area contributed by atoms with Crippen molar-refractivity contribution in [2.24, 2.45) is 0 Å². The summed E-state index contributed by atoms with van der Waals surface area (Å²) < 4.78 is 0.971. The van der Waals surface area contributed by atoms with E-state index >= 15 is 0 Å². The van der Waals surface area contributed by atoms with Gasteiger partial charge in [0.05, 0.1) is 10.2 Å². The number of benzene rings is 1. The van der Waals surface area contributed by atoms with Crippen molar-refractivity contribution in [3.8, 4) is 0 Å². The lowest BCUT2D eigenvalue weighted by Crippen LogP contribution is -2.06. The summed E-state index contributed by atoms with van der Waals surface area (Å²) >= 11 is 15.8. The first-order valence-corrected chi connectivity index (χ1v) is 8.31. The van der Waals surface area contributed by atoms with Crippen molar-refractivity contribution < 1.29 is 0 Å². The van der Waals surface area contributed by atoms with Crippen molar-refractivity contribution in [2.45, 2.75) is 25.2 Å². The molecule has 1 fully saturated rings. The Hall–Kier alpha value is -0.840. The Morgan fingerprint density at radius 3 is 2.67 bits per heavy atom. The molecule has 1 aromatic heterocycles. The van der Waals surface area contributed by atoms with Crippen molar-refractivity contribution >= 4 is 44.9 Å². The van der Waals surface area contributed by atoms with Gasteiger partial charge in [0.25, 0.3) is 0 Å². The first-order valence-electron chi connectivity index (χ1n) is 6.76. The molecule has 3 nitrogen and oxygen atoms in total. The van der Waals surface area contributed by atoms with Crippen molar-refractivity contribution in [2.75, 3.05) is 12.4 Å². The van der Waals surface area contributed by atoms with Crippen molar-refractivity contribution in [1.82, 2.24) is 9.97 Å². The molecule has 1 aromatic carbocycles. The molecule has 1 aliphatic rings. The molecule has 1 saturated carbocycles. The third-order valence-electron chi connectivity index (χ3n) is 3.49. The molecule has 0 unspecified atom stereocenters. The number of halogens is 3. The van der Waals surface area contributed by atoms with E-state index in [1.165, 1.54) is 12.8 Å². The Morgan fingerprint density at radius 1 is 1.29 bits per heavy atom. The second-order valence-electron chi connectivity index (χ2n) is 5.12. The van der Waals surface area contributed by atoms with E-state index in [1.54, 1.807) is 6.07 Å². The fourth-order valence-electron chi connectivity index (χ4n) is 2.22. The zero-order chi connectivity index (χ0) is 15.0. The fraction of sp³-hybridized carbons (Fsp3) is 0.333. The van der Waals surface area contributed by atoms with E-state index in [0.717, 1.165) is 27.4 Å². The minimum atomic E-state index is 0.550. The molecule has 1 N–H and O–H groups in total. The SMILES string of the molecule is CNc1nc(Cc2ccc(Cl)cc2Cl)nc(C2CC2)c1Br. The molecule has 3 rings (SSSR count). The van der Waals surface area contributed by atoms with Crippen molar-refractivity contribution in [1.29, 1.82) is 0 Å². The molecule has 0 aliphatic heterocycles. The molecule has 0 atom stereocenters. The zero-order valence-corrected chi connectivity index (χ0v) is 14.6. The van der Waals surface area contributed by atoms with Gasteiger partial charge in [0.1, 0.15) is 11.6 Å². The molecule has 0 saturated heterocycles. The van der Waals surface area contributed by atoms with Crippen LogP contribution in [0.4, 0.5) is 5.82 Å². The highest BCUT2D eigenvalue weighted by Gasteiger charge is 2.29. The molecule has 0 amide bonds. The van der Waals surface area contributed by atoms with Crippen LogP contribution < -0.4 is 5.32 Å². The van der Waals surface area contributed by atoms with Gasteiger partial charge in [0.2, 0.25) is 0 Å². The molecule has 1 heterocycles. The van der Waals surface area contributed by atoms with Gasteiger partial charge in [-0.05, 0) is 46.5 Å². The van der Waals surface area contributed by atoms with Crippen LogP contribution >= 0.6 is 39.1 Å². The van der Waals surface area contributed by atoms with Gasteiger partial charge in [-0.2, -0.15) is 0 Å². The van der Waals surface area contributed by atoms with Crippen molar-refractivity contribution in [3.63, 3.8) is 0 Å². The summed E-state index contributed by atoms with van der Waals surface area (Å²) in [5.41, 5.74) is 2.07. The molecule has 0 radical (unpaired) electrons. The average Bonchev–Trinajstić information content (AvgIpc) is 3.28. The number of anilines is 1. The van der Waals surface area contributed by atoms with E-state index in [4.69, 9.17) is 28.2 Å². The van der Waals surface area contributed by atoms with E-state index in [0.29, 0.717) is 22.4 Å². The van der Waals surface area contributed by atoms with Gasteiger partial charge in [-0.15, -0.1) is 0 Å². The highest BCUT2D eigenvalue weighted by molar-refractivity contribution is 9.10. The smallest absolute Gasteiger partial charge is 0.144 e. The standard InChI is InChI=1S/C15H14BrCl2N3/c1-19-15-13(16)14(8-2-3-8)20-12(21-15)6-9-4-5-10(17)7-11(9)18/h4-5,7-8H,2-3,6H2,1H3,(H,19,20,21). The Labute approximate surface area is 142 Å². The Kier molecular flexibility index (Phi) is 4.38. The van der Waals surface area contributed by atoms with Crippen LogP contribution in [0.2, 0.25) is 10.0 Å². The largest absolute Gasteiger partial charge is 0.372 e. The number of rotatable bonds is 4. The van der Waals surface area contributed by atoms with Crippen LogP contribution in [0.1, 0.15) is 35.8 Å². The topological polar surface area (TPSA) is 37.8 Å². The molecular weight excluding hydrogens is 373 g/mol. The first kappa shape index (κ1) is 15.1. The van der Waals surface area contributed by atoms with Gasteiger partial charge in [0.15, 0.2) is 0 Å². The van der Waals surface area contributed by atoms with E-state index in [2.05, 4.69) is 26.2 Å². The zero-order valence-electron chi connectivity index (χ0n) is 11.5. The molecule has 6 heteroatoms. The number of hydrogen-bond donors (Lipinski definition) is 1. The predicted molar refractivity (Wildman–Crippen MR) is 90.5 cm³/mol. The van der Waals surface area contributed by atoms with Crippen LogP contribution in [0.25, 0.3) is 0 Å². The van der Waals surface area contributed by atoms with Crippen molar-refractivity contribution in [3.05, 3.63) is 49.8 Å². The molecule has 1 aliphatic carbocycles. The van der Waals surface area contributed by atoms with Gasteiger partial charge >= 0.3 is 0 Å². The third-order valence-corrected chi connectivity index (χ3v) is 4.86. The van der Waals surface area contributed by atoms with Crippen LogP contribution in [0.15, 0.2) is 22.7 Å². The number of hydrogen-bond acceptors (Lipinski definition) is 3. The van der Waals surface area contributed by atoms with Crippen LogP contribution in [0.3, 0.4) is 0 Å². The molecule has 21 heavy (non-hydrogen) atoms. The summed E-state index contributed by atoms with van der Waals surface area (Å²) in [5.74, 6) is 2.15. The quantitative estimate of drug-likeness (QED) is 0.798. The van der Waals surface area contributed by atoms with E-state index in [9.17, 15) is 0 Å². The molecule has 110 valence electrons. The maximum absolute atomic E-state index is 6.23. The summed E-state index contributed by atoms with van der Waals surface area (Å²) in [7, 11) is 1.86. The fourth-order valence-corrected chi connectivity index (χ4v) is 3.39. The first-order chi connectivity index (χ1) is 10.1. The maximum atomic E-state index is 6.23. The lowest BCUT2D eigenvalue weighted by Gasteiger charge is -2.11. The lowest BCUT2D eigenvalue weighted by molar-refractivity contribution is 0.892. The average molecular weight is 387 g/mol. The molecule has 2 aromatic rings. The normalized spacial score (nSPS) is 14.3. The van der Waals surface area contributed by atoms with Gasteiger partial charge in [-0.25, -0.2) is 9.97 Å². The monoisotopic (exact) mass is 385 g/mol. The van der Waals surface area contributed by atoms with E-state index in [-0.39, 0.29) is 0 Å². The minimum absolute atomic E-state index is 0.550. The van der Waals surface area contributed by atoms with Gasteiger partial charge < -0.3 is 5.32 Å². The van der Waals surface area contributed by atoms with Crippen LogP contribution in [-0.4, -0.2) is 17.0 Å². The second kappa shape index (κ2) is 6.11. The maximum Gasteiger partial charge on any atom is 0.144 e. The number of aromatic nitrogens is 2. The predicted octanol–water partition coefficient (Wildman–Crippen LogP) is 5.06. The summed E-state index contributed by atoms with van der Waals surface area (Å²) in [5, 5.41) is 4.40. The summed E-state index contributed by atoms with van der Waals surface area (Å²) in [6, 6.07) is 5.51. The highest BCUT2D eigenvalue weighted by atomic mass is 79.9. The Morgan fingerprint density at radius 2 is 2.05 bits per heavy atom. The van der Waals surface area contributed by atoms with Gasteiger partial charge in [0, 0.05) is 29.4 Å². The summed E-state index contributed by atoms with van der Waals surface area (Å²) in [6.45, 7) is 0. The third kappa shape index (κ3) is 3.33. The number of nitrogens with zero attached hydrogens (tertiary/aromatic N) is 2. The van der Waals surface area contributed by atoms with Crippen LogP contribution in [0.5, 0.6) is 0 Å². The highest BCUT2D eigenvalue weighted by Crippen LogP contribution is 2.43. The Balaban J connectivity index is 1.96. The van der Waals surface area contributed by atoms with Crippen LogP contribution in [-0.2, 0) is 6.42 Å². The summed E-state index contributed by atoms with van der Waals surface area (Å²) in [6.07, 6.45) is 2.98. The van der Waals surface area contributed by atoms with E-state index in [1.807, 2.05) is 19.2 Å². The number of nitrogens with one attached hydrogen (secondary N) is 1. The molecular formula is C15H14BrCl2N3. The van der Waals surface area contributed by atoms with E-state index < -0.39 is 0 Å².